The molecule has 3 heterocycles. The third-order valence-electron chi connectivity index (χ3n) is 4.97. The Morgan fingerprint density at radius 3 is 2.85 bits per heavy atom. The number of rotatable bonds is 2. The van der Waals surface area contributed by atoms with Crippen LogP contribution in [0.1, 0.15) is 29.1 Å². The summed E-state index contributed by atoms with van der Waals surface area (Å²) in [6.07, 6.45) is 0.240. The van der Waals surface area contributed by atoms with Crippen LogP contribution < -0.4 is 4.74 Å². The molecule has 0 fully saturated rings. The summed E-state index contributed by atoms with van der Waals surface area (Å²) in [5.41, 5.74) is 1.54. The molecule has 0 spiro atoms. The number of alkyl halides is 2. The first-order chi connectivity index (χ1) is 12.4. The Balaban J connectivity index is 1.85. The number of nitrogens with zero attached hydrogens (tertiary/aromatic N) is 2. The highest BCUT2D eigenvalue weighted by atomic mass is 35.5. The number of imidazole rings is 1. The van der Waals surface area contributed by atoms with Gasteiger partial charge in [0.15, 0.2) is 9.84 Å². The molecule has 0 saturated heterocycles. The number of fused-ring (bicyclic) bond motifs is 9. The van der Waals surface area contributed by atoms with Crippen molar-refractivity contribution in [1.82, 2.24) is 9.55 Å². The lowest BCUT2D eigenvalue weighted by Gasteiger charge is -2.25. The van der Waals surface area contributed by atoms with Gasteiger partial charge in [0.1, 0.15) is 16.8 Å². The Morgan fingerprint density at radius 2 is 2.08 bits per heavy atom. The van der Waals surface area contributed by atoms with Gasteiger partial charge in [-0.15, -0.1) is 0 Å². The summed E-state index contributed by atoms with van der Waals surface area (Å²) in [7, 11) is -3.76. The maximum atomic E-state index is 13.1. The molecule has 0 N–H and O–H groups in total. The number of aromatic nitrogens is 2. The van der Waals surface area contributed by atoms with Gasteiger partial charge in [-0.2, -0.15) is 8.78 Å². The maximum Gasteiger partial charge on any atom is 0.387 e. The number of ether oxygens (including phenoxy) is 1. The average Bonchev–Trinajstić information content (AvgIpc) is 3.09. The summed E-state index contributed by atoms with van der Waals surface area (Å²) >= 11 is 6.09. The Bertz CT molecular complexity index is 1180. The molecule has 0 amide bonds. The minimum atomic E-state index is -3.76. The third-order valence-corrected chi connectivity index (χ3v) is 7.33. The van der Waals surface area contributed by atoms with Crippen LogP contribution in [-0.2, 0) is 9.84 Å². The fourth-order valence-corrected chi connectivity index (χ4v) is 6.18. The molecule has 2 bridgehead atoms. The van der Waals surface area contributed by atoms with E-state index in [-0.39, 0.29) is 22.6 Å². The van der Waals surface area contributed by atoms with E-state index in [2.05, 4.69) is 9.72 Å². The van der Waals surface area contributed by atoms with Crippen LogP contribution in [0.3, 0.4) is 0 Å². The van der Waals surface area contributed by atoms with E-state index in [9.17, 15) is 17.2 Å². The topological polar surface area (TPSA) is 61.2 Å². The first-order valence-corrected chi connectivity index (χ1v) is 9.79. The molecule has 2 aliphatic rings. The molecule has 0 radical (unpaired) electrons. The second-order valence-corrected chi connectivity index (χ2v) is 8.84. The molecule has 26 heavy (non-hydrogen) atoms. The van der Waals surface area contributed by atoms with Crippen molar-refractivity contribution in [2.45, 2.75) is 29.2 Å². The lowest BCUT2D eigenvalue weighted by Crippen LogP contribution is -2.21. The van der Waals surface area contributed by atoms with Crippen LogP contribution in [0.5, 0.6) is 5.75 Å². The largest absolute Gasteiger partial charge is 0.434 e. The molecule has 134 valence electrons. The van der Waals surface area contributed by atoms with Crippen molar-refractivity contribution >= 4 is 32.5 Å². The van der Waals surface area contributed by atoms with Crippen molar-refractivity contribution in [3.05, 3.63) is 52.8 Å². The molecule has 1 aromatic heterocycles. The third kappa shape index (κ3) is 1.99. The van der Waals surface area contributed by atoms with Crippen molar-refractivity contribution in [2.75, 3.05) is 0 Å². The molecular weight excluding hydrogens is 386 g/mol. The van der Waals surface area contributed by atoms with Gasteiger partial charge in [-0.1, -0.05) is 17.7 Å². The Kier molecular flexibility index (Phi) is 3.19. The predicted octanol–water partition coefficient (Wildman–Crippen LogP) is 4.11. The van der Waals surface area contributed by atoms with Crippen LogP contribution in [0.2, 0.25) is 5.02 Å². The summed E-state index contributed by atoms with van der Waals surface area (Å²) in [5.74, 6) is 0.285. The Morgan fingerprint density at radius 1 is 1.27 bits per heavy atom. The molecule has 0 aliphatic carbocycles. The van der Waals surface area contributed by atoms with Gasteiger partial charge in [-0.25, -0.2) is 13.4 Å². The van der Waals surface area contributed by atoms with Gasteiger partial charge in [0.2, 0.25) is 0 Å². The van der Waals surface area contributed by atoms with E-state index in [1.807, 2.05) is 0 Å². The molecule has 9 heteroatoms. The van der Waals surface area contributed by atoms with Crippen molar-refractivity contribution < 1.29 is 21.9 Å². The second-order valence-electron chi connectivity index (χ2n) is 6.30. The van der Waals surface area contributed by atoms with Gasteiger partial charge in [0, 0.05) is 10.6 Å². The summed E-state index contributed by atoms with van der Waals surface area (Å²) in [4.78, 5) is 4.51. The lowest BCUT2D eigenvalue weighted by molar-refractivity contribution is -0.0509. The van der Waals surface area contributed by atoms with Crippen molar-refractivity contribution in [3.8, 4) is 5.75 Å². The predicted molar refractivity (Wildman–Crippen MR) is 90.5 cm³/mol. The van der Waals surface area contributed by atoms with E-state index in [1.165, 1.54) is 18.2 Å². The molecule has 2 aromatic carbocycles. The van der Waals surface area contributed by atoms with Crippen molar-refractivity contribution in [2.24, 2.45) is 0 Å². The van der Waals surface area contributed by atoms with Crippen molar-refractivity contribution in [3.63, 3.8) is 0 Å². The van der Waals surface area contributed by atoms with Crippen LogP contribution in [0.25, 0.3) is 11.0 Å². The van der Waals surface area contributed by atoms with Gasteiger partial charge in [0.25, 0.3) is 0 Å². The van der Waals surface area contributed by atoms with Crippen LogP contribution in [0, 0.1) is 0 Å². The molecule has 0 saturated carbocycles. The summed E-state index contributed by atoms with van der Waals surface area (Å²) in [6, 6.07) is 8.86. The Hall–Kier alpha value is -2.19. The van der Waals surface area contributed by atoms with Crippen LogP contribution in [0.15, 0.2) is 41.3 Å². The molecule has 2 atom stereocenters. The molecule has 3 aromatic rings. The lowest BCUT2D eigenvalue weighted by atomic mass is 10.0. The number of sulfone groups is 1. The maximum absolute atomic E-state index is 13.1. The molecule has 5 rings (SSSR count). The fraction of sp³-hybridized carbons (Fsp3) is 0.235. The minimum absolute atomic E-state index is 0.0255. The number of hydrogen-bond acceptors (Lipinski definition) is 4. The second kappa shape index (κ2) is 5.17. The van der Waals surface area contributed by atoms with E-state index in [4.69, 9.17) is 11.6 Å². The number of halogens is 3. The summed E-state index contributed by atoms with van der Waals surface area (Å²) in [5, 5.41) is -0.324. The van der Waals surface area contributed by atoms with E-state index < -0.39 is 27.7 Å². The minimum Gasteiger partial charge on any atom is -0.434 e. The quantitative estimate of drug-likeness (QED) is 0.654. The summed E-state index contributed by atoms with van der Waals surface area (Å²) in [6.45, 7) is -3.04. The van der Waals surface area contributed by atoms with Crippen LogP contribution in [0.4, 0.5) is 8.78 Å². The van der Waals surface area contributed by atoms with E-state index >= 15 is 0 Å². The number of benzene rings is 2. The molecule has 5 nitrogen and oxygen atoms in total. The zero-order chi connectivity index (χ0) is 18.2. The van der Waals surface area contributed by atoms with E-state index in [0.717, 1.165) is 0 Å². The van der Waals surface area contributed by atoms with Crippen LogP contribution in [-0.4, -0.2) is 24.6 Å². The highest BCUT2D eigenvalue weighted by molar-refractivity contribution is 7.91. The zero-order valence-corrected chi connectivity index (χ0v) is 14.6. The first kappa shape index (κ1) is 16.0. The first-order valence-electron chi connectivity index (χ1n) is 7.87. The van der Waals surface area contributed by atoms with E-state index in [0.29, 0.717) is 21.9 Å². The average molecular weight is 397 g/mol. The van der Waals surface area contributed by atoms with Gasteiger partial charge < -0.3 is 9.30 Å². The standard InChI is InChI=1S/C17H11ClF2N2O3S/c18-8-4-5-9-10(6-8)22-11-7-14(16(22)21-9)26(23,24)13-3-1-2-12(15(11)13)25-17(19)20/h1-6,11,14,17H,7H2/t11-,14-/m0/s1. The Labute approximate surface area is 152 Å². The fourth-order valence-electron chi connectivity index (χ4n) is 4.02. The SMILES string of the molecule is O=S1(=O)c2cccc(OC(F)F)c2[C@@H]2C[C@H]1c1nc3ccc(Cl)cc3n12. The van der Waals surface area contributed by atoms with Crippen molar-refractivity contribution in [1.29, 1.82) is 0 Å². The highest BCUT2D eigenvalue weighted by Crippen LogP contribution is 2.55. The van der Waals surface area contributed by atoms with Gasteiger partial charge in [-0.05, 0) is 36.8 Å². The van der Waals surface area contributed by atoms with E-state index in [1.54, 1.807) is 22.8 Å². The smallest absolute Gasteiger partial charge is 0.387 e. The number of hydrogen-bond donors (Lipinski definition) is 0. The van der Waals surface area contributed by atoms with Crippen LogP contribution >= 0.6 is 11.6 Å². The monoisotopic (exact) mass is 396 g/mol. The van der Waals surface area contributed by atoms with Gasteiger partial charge in [-0.3, -0.25) is 0 Å². The molecular formula is C17H11ClF2N2O3S. The molecule has 2 aliphatic heterocycles. The normalized spacial score (nSPS) is 22.5. The van der Waals surface area contributed by atoms with Gasteiger partial charge in [0.05, 0.1) is 22.0 Å². The zero-order valence-electron chi connectivity index (χ0n) is 13.1. The molecule has 0 unspecified atom stereocenters. The summed E-state index contributed by atoms with van der Waals surface area (Å²) < 4.78 is 58.3. The van der Waals surface area contributed by atoms with Gasteiger partial charge >= 0.3 is 6.61 Å². The highest BCUT2D eigenvalue weighted by Gasteiger charge is 2.50.